The average molecular weight is 288 g/mol. The van der Waals surface area contributed by atoms with Crippen molar-refractivity contribution in [1.82, 2.24) is 0 Å². The number of hydrogen-bond acceptors (Lipinski definition) is 3. The molecule has 1 aromatic carbocycles. The van der Waals surface area contributed by atoms with E-state index in [4.69, 9.17) is 4.74 Å². The molecule has 0 heterocycles. The molecule has 0 aromatic heterocycles. The van der Waals surface area contributed by atoms with Gasteiger partial charge in [0.1, 0.15) is 0 Å². The molecule has 3 nitrogen and oxygen atoms in total. The van der Waals surface area contributed by atoms with Crippen LogP contribution < -0.4 is 5.32 Å². The number of rotatable bonds is 6. The van der Waals surface area contributed by atoms with Crippen LogP contribution in [0.3, 0.4) is 0 Å². The summed E-state index contributed by atoms with van der Waals surface area (Å²) in [4.78, 5) is 0. The Hall–Kier alpha value is -0.580. The van der Waals surface area contributed by atoms with Gasteiger partial charge >= 0.3 is 0 Å². The molecule has 90 valence electrons. The Morgan fingerprint density at radius 1 is 1.50 bits per heavy atom. The van der Waals surface area contributed by atoms with Crippen molar-refractivity contribution >= 4 is 21.6 Å². The van der Waals surface area contributed by atoms with Crippen LogP contribution in [0.2, 0.25) is 0 Å². The minimum absolute atomic E-state index is 0.0723. The lowest BCUT2D eigenvalue weighted by molar-refractivity contribution is 0.146. The van der Waals surface area contributed by atoms with Crippen LogP contribution in [-0.4, -0.2) is 31.0 Å². The van der Waals surface area contributed by atoms with Crippen LogP contribution in [0.5, 0.6) is 0 Å². The van der Waals surface area contributed by atoms with Crippen molar-refractivity contribution in [2.75, 3.05) is 25.6 Å². The Labute approximate surface area is 105 Å². The molecular weight excluding hydrogens is 270 g/mol. The first-order valence-electron chi connectivity index (χ1n) is 5.23. The molecule has 0 saturated heterocycles. The maximum atomic E-state index is 9.41. The lowest BCUT2D eigenvalue weighted by atomic mass is 9.99. The number of ether oxygens (including phenoxy) is 1. The Morgan fingerprint density at radius 3 is 2.81 bits per heavy atom. The summed E-state index contributed by atoms with van der Waals surface area (Å²) in [5.41, 5.74) is 0.638. The average Bonchev–Trinajstić information content (AvgIpc) is 2.26. The van der Waals surface area contributed by atoms with Gasteiger partial charge in [-0.15, -0.1) is 0 Å². The fourth-order valence-electron chi connectivity index (χ4n) is 1.42. The summed E-state index contributed by atoms with van der Waals surface area (Å²) in [7, 11) is 1.66. The molecule has 1 rings (SSSR count). The monoisotopic (exact) mass is 287 g/mol. The van der Waals surface area contributed by atoms with Gasteiger partial charge in [0.25, 0.3) is 0 Å². The number of hydrogen-bond donors (Lipinski definition) is 2. The summed E-state index contributed by atoms with van der Waals surface area (Å²) in [5.74, 6) is 0. The molecule has 0 amide bonds. The van der Waals surface area contributed by atoms with Gasteiger partial charge in [0.2, 0.25) is 0 Å². The Morgan fingerprint density at radius 2 is 2.25 bits per heavy atom. The van der Waals surface area contributed by atoms with Crippen LogP contribution in [-0.2, 0) is 4.74 Å². The first-order chi connectivity index (χ1) is 7.59. The Bertz CT molecular complexity index is 333. The fraction of sp³-hybridized carbons (Fsp3) is 0.500. The van der Waals surface area contributed by atoms with Crippen LogP contribution in [0.25, 0.3) is 0 Å². The molecule has 1 aromatic rings. The molecular formula is C12H18BrNO2. The summed E-state index contributed by atoms with van der Waals surface area (Å²) in [6, 6.07) is 7.89. The van der Waals surface area contributed by atoms with Gasteiger partial charge in [-0.25, -0.2) is 0 Å². The molecule has 0 spiro atoms. The van der Waals surface area contributed by atoms with Gasteiger partial charge in [0.15, 0.2) is 0 Å². The second-order valence-electron chi connectivity index (χ2n) is 4.10. The molecule has 0 aliphatic carbocycles. The van der Waals surface area contributed by atoms with E-state index in [9.17, 15) is 5.11 Å². The maximum Gasteiger partial charge on any atom is 0.0659 e. The lowest BCUT2D eigenvalue weighted by Gasteiger charge is -2.29. The highest BCUT2D eigenvalue weighted by Crippen LogP contribution is 2.21. The van der Waals surface area contributed by atoms with Crippen LogP contribution in [0.15, 0.2) is 28.7 Å². The van der Waals surface area contributed by atoms with Crippen molar-refractivity contribution in [1.29, 1.82) is 0 Å². The Kier molecular flexibility index (Phi) is 5.25. The molecule has 0 radical (unpaired) electrons. The SMILES string of the molecule is COCCC(C)(CO)Nc1cccc(Br)c1. The zero-order valence-corrected chi connectivity index (χ0v) is 11.3. The summed E-state index contributed by atoms with van der Waals surface area (Å²) in [6.07, 6.45) is 0.756. The molecule has 1 unspecified atom stereocenters. The zero-order chi connectivity index (χ0) is 12.0. The predicted octanol–water partition coefficient (Wildman–Crippen LogP) is 2.65. The van der Waals surface area contributed by atoms with E-state index < -0.39 is 0 Å². The van der Waals surface area contributed by atoms with Crippen LogP contribution in [0.1, 0.15) is 13.3 Å². The van der Waals surface area contributed by atoms with E-state index in [1.807, 2.05) is 31.2 Å². The molecule has 1 atom stereocenters. The number of aliphatic hydroxyl groups is 1. The van der Waals surface area contributed by atoms with Gasteiger partial charge in [-0.1, -0.05) is 22.0 Å². The smallest absolute Gasteiger partial charge is 0.0659 e. The quantitative estimate of drug-likeness (QED) is 0.845. The number of halogens is 1. The molecule has 0 aliphatic rings. The van der Waals surface area contributed by atoms with Crippen molar-refractivity contribution in [3.63, 3.8) is 0 Å². The minimum Gasteiger partial charge on any atom is -0.394 e. The van der Waals surface area contributed by atoms with Crippen molar-refractivity contribution in [2.45, 2.75) is 18.9 Å². The summed E-state index contributed by atoms with van der Waals surface area (Å²) >= 11 is 3.42. The third kappa shape index (κ3) is 4.12. The van der Waals surface area contributed by atoms with E-state index in [0.717, 1.165) is 16.6 Å². The second kappa shape index (κ2) is 6.23. The molecule has 0 saturated carbocycles. The van der Waals surface area contributed by atoms with E-state index in [0.29, 0.717) is 6.61 Å². The van der Waals surface area contributed by atoms with E-state index >= 15 is 0 Å². The summed E-state index contributed by atoms with van der Waals surface area (Å²) in [5, 5.41) is 12.7. The number of methoxy groups -OCH3 is 1. The van der Waals surface area contributed by atoms with Crippen molar-refractivity contribution in [3.8, 4) is 0 Å². The van der Waals surface area contributed by atoms with Crippen LogP contribution >= 0.6 is 15.9 Å². The summed E-state index contributed by atoms with van der Waals surface area (Å²) in [6.45, 7) is 2.67. The second-order valence-corrected chi connectivity index (χ2v) is 5.01. The van der Waals surface area contributed by atoms with Gasteiger partial charge in [-0.2, -0.15) is 0 Å². The number of aliphatic hydroxyl groups excluding tert-OH is 1. The third-order valence-electron chi connectivity index (χ3n) is 2.48. The number of nitrogens with one attached hydrogen (secondary N) is 1. The maximum absolute atomic E-state index is 9.41. The van der Waals surface area contributed by atoms with Gasteiger partial charge in [-0.3, -0.25) is 0 Å². The van der Waals surface area contributed by atoms with Gasteiger partial charge in [-0.05, 0) is 31.5 Å². The minimum atomic E-state index is -0.350. The molecule has 0 fully saturated rings. The fourth-order valence-corrected chi connectivity index (χ4v) is 1.82. The van der Waals surface area contributed by atoms with Gasteiger partial charge in [0, 0.05) is 23.9 Å². The first-order valence-corrected chi connectivity index (χ1v) is 6.02. The van der Waals surface area contributed by atoms with Gasteiger partial charge in [0.05, 0.1) is 12.1 Å². The van der Waals surface area contributed by atoms with Crippen LogP contribution in [0, 0.1) is 0 Å². The van der Waals surface area contributed by atoms with Crippen molar-refractivity contribution in [2.24, 2.45) is 0 Å². The van der Waals surface area contributed by atoms with E-state index in [1.54, 1.807) is 7.11 Å². The highest BCUT2D eigenvalue weighted by molar-refractivity contribution is 9.10. The van der Waals surface area contributed by atoms with E-state index in [1.165, 1.54) is 0 Å². The lowest BCUT2D eigenvalue weighted by Crippen LogP contribution is -2.39. The summed E-state index contributed by atoms with van der Waals surface area (Å²) < 4.78 is 6.06. The topological polar surface area (TPSA) is 41.5 Å². The van der Waals surface area contributed by atoms with Crippen molar-refractivity contribution < 1.29 is 9.84 Å². The Balaban J connectivity index is 2.68. The number of anilines is 1. The highest BCUT2D eigenvalue weighted by Gasteiger charge is 2.22. The third-order valence-corrected chi connectivity index (χ3v) is 2.97. The molecule has 16 heavy (non-hydrogen) atoms. The highest BCUT2D eigenvalue weighted by atomic mass is 79.9. The molecule has 2 N–H and O–H groups in total. The molecule has 4 heteroatoms. The van der Waals surface area contributed by atoms with E-state index in [-0.39, 0.29) is 12.1 Å². The first kappa shape index (κ1) is 13.5. The van der Waals surface area contributed by atoms with Gasteiger partial charge < -0.3 is 15.2 Å². The predicted molar refractivity (Wildman–Crippen MR) is 69.7 cm³/mol. The normalized spacial score (nSPS) is 14.5. The largest absolute Gasteiger partial charge is 0.394 e. The molecule has 0 bridgehead atoms. The van der Waals surface area contributed by atoms with Crippen molar-refractivity contribution in [3.05, 3.63) is 28.7 Å². The van der Waals surface area contributed by atoms with E-state index in [2.05, 4.69) is 21.2 Å². The zero-order valence-electron chi connectivity index (χ0n) is 9.66. The molecule has 0 aliphatic heterocycles. The van der Waals surface area contributed by atoms with Crippen LogP contribution in [0.4, 0.5) is 5.69 Å². The number of benzene rings is 1. The standard InChI is InChI=1S/C12H18BrNO2/c1-12(9-15,6-7-16-2)14-11-5-3-4-10(13)8-11/h3-5,8,14-15H,6-7,9H2,1-2H3.